The molecule has 0 atom stereocenters. The number of benzene rings is 2. The van der Waals surface area contributed by atoms with Crippen molar-refractivity contribution in [3.05, 3.63) is 52.0 Å². The lowest BCUT2D eigenvalue weighted by atomic mass is 10.3. The molecule has 0 bridgehead atoms. The number of rotatable bonds is 3. The normalized spacial score (nSPS) is 11.3. The first kappa shape index (κ1) is 14.3. The van der Waals surface area contributed by atoms with Crippen molar-refractivity contribution in [1.29, 1.82) is 0 Å². The molecule has 0 amide bonds. The molecular weight excluding hydrogens is 354 g/mol. The largest absolute Gasteiger partial charge is 0.456 e. The smallest absolute Gasteiger partial charge is 0.238 e. The second-order valence-electron chi connectivity index (χ2n) is 3.69. The Labute approximate surface area is 124 Å². The zero-order chi connectivity index (χ0) is 14.0. The van der Waals surface area contributed by atoms with Crippen molar-refractivity contribution >= 4 is 37.6 Å². The minimum Gasteiger partial charge on any atom is -0.456 e. The van der Waals surface area contributed by atoms with E-state index in [2.05, 4.69) is 15.9 Å². The zero-order valence-electron chi connectivity index (χ0n) is 9.51. The predicted octanol–water partition coefficient (Wildman–Crippen LogP) is 3.54. The van der Waals surface area contributed by atoms with Gasteiger partial charge in [0.2, 0.25) is 10.0 Å². The summed E-state index contributed by atoms with van der Waals surface area (Å²) in [5.41, 5.74) is 0. The summed E-state index contributed by atoms with van der Waals surface area (Å²) >= 11 is 9.01. The highest BCUT2D eigenvalue weighted by atomic mass is 79.9. The van der Waals surface area contributed by atoms with Crippen LogP contribution in [0.4, 0.5) is 0 Å². The molecule has 0 heterocycles. The Hall–Kier alpha value is -1.08. The topological polar surface area (TPSA) is 69.4 Å². The highest BCUT2D eigenvalue weighted by molar-refractivity contribution is 9.10. The first-order valence-corrected chi connectivity index (χ1v) is 7.84. The molecule has 0 fully saturated rings. The lowest BCUT2D eigenvalue weighted by molar-refractivity contribution is 0.479. The van der Waals surface area contributed by atoms with Crippen molar-refractivity contribution in [2.45, 2.75) is 4.90 Å². The Morgan fingerprint density at radius 3 is 2.26 bits per heavy atom. The molecule has 0 aliphatic carbocycles. The number of sulfonamides is 1. The molecule has 0 radical (unpaired) electrons. The van der Waals surface area contributed by atoms with Gasteiger partial charge in [-0.2, -0.15) is 0 Å². The van der Waals surface area contributed by atoms with Gasteiger partial charge in [0.1, 0.15) is 11.5 Å². The summed E-state index contributed by atoms with van der Waals surface area (Å²) in [4.78, 5) is 0.0165. The Balaban J connectivity index is 2.29. The maximum Gasteiger partial charge on any atom is 0.238 e. The monoisotopic (exact) mass is 361 g/mol. The minimum absolute atomic E-state index is 0.0165. The van der Waals surface area contributed by atoms with Crippen molar-refractivity contribution in [3.63, 3.8) is 0 Å². The predicted molar refractivity (Wildman–Crippen MR) is 77.0 cm³/mol. The van der Waals surface area contributed by atoms with E-state index in [4.69, 9.17) is 21.5 Å². The maximum atomic E-state index is 11.2. The average Bonchev–Trinajstić information content (AvgIpc) is 2.33. The zero-order valence-corrected chi connectivity index (χ0v) is 12.7. The molecule has 19 heavy (non-hydrogen) atoms. The summed E-state index contributed by atoms with van der Waals surface area (Å²) < 4.78 is 28.5. The Bertz CT molecular complexity index is 701. The highest BCUT2D eigenvalue weighted by Gasteiger charge is 2.11. The molecule has 2 aromatic rings. The average molecular weight is 363 g/mol. The number of nitrogens with two attached hydrogens (primary N) is 1. The molecule has 2 rings (SSSR count). The van der Waals surface area contributed by atoms with Gasteiger partial charge in [-0.05, 0) is 58.4 Å². The van der Waals surface area contributed by atoms with Gasteiger partial charge in [0, 0.05) is 5.02 Å². The van der Waals surface area contributed by atoms with Gasteiger partial charge in [0.05, 0.1) is 9.37 Å². The van der Waals surface area contributed by atoms with Gasteiger partial charge in [0.25, 0.3) is 0 Å². The summed E-state index contributed by atoms with van der Waals surface area (Å²) in [6.45, 7) is 0. The molecule has 100 valence electrons. The van der Waals surface area contributed by atoms with Crippen LogP contribution in [0.2, 0.25) is 5.02 Å². The Morgan fingerprint density at radius 2 is 1.74 bits per heavy atom. The van der Waals surface area contributed by atoms with Gasteiger partial charge in [-0.3, -0.25) is 0 Å². The third-order valence-electron chi connectivity index (χ3n) is 2.27. The summed E-state index contributed by atoms with van der Waals surface area (Å²) in [5, 5.41) is 5.65. The second kappa shape index (κ2) is 5.50. The molecule has 0 saturated carbocycles. The number of hydrogen-bond acceptors (Lipinski definition) is 3. The molecule has 0 saturated heterocycles. The Kier molecular flexibility index (Phi) is 4.15. The molecular formula is C12H9BrClNO3S. The molecule has 0 aliphatic heterocycles. The van der Waals surface area contributed by atoms with E-state index in [1.54, 1.807) is 24.3 Å². The van der Waals surface area contributed by atoms with E-state index in [1.165, 1.54) is 18.2 Å². The van der Waals surface area contributed by atoms with Crippen LogP contribution in [0.1, 0.15) is 0 Å². The highest BCUT2D eigenvalue weighted by Crippen LogP contribution is 2.31. The number of halogens is 2. The SMILES string of the molecule is NS(=O)(=O)c1ccc(Oc2ccc(Cl)cc2)c(Br)c1. The van der Waals surface area contributed by atoms with Crippen LogP contribution < -0.4 is 9.88 Å². The van der Waals surface area contributed by atoms with Crippen molar-refractivity contribution in [1.82, 2.24) is 0 Å². The first-order chi connectivity index (χ1) is 8.86. The fraction of sp³-hybridized carbons (Fsp3) is 0. The lowest BCUT2D eigenvalue weighted by Gasteiger charge is -2.08. The van der Waals surface area contributed by atoms with E-state index in [9.17, 15) is 8.42 Å². The van der Waals surface area contributed by atoms with Crippen LogP contribution in [0.25, 0.3) is 0 Å². The number of hydrogen-bond donors (Lipinski definition) is 1. The van der Waals surface area contributed by atoms with E-state index >= 15 is 0 Å². The van der Waals surface area contributed by atoms with Crippen LogP contribution >= 0.6 is 27.5 Å². The second-order valence-corrected chi connectivity index (χ2v) is 6.55. The molecule has 7 heteroatoms. The fourth-order valence-corrected chi connectivity index (χ4v) is 2.65. The molecule has 2 aromatic carbocycles. The van der Waals surface area contributed by atoms with Crippen molar-refractivity contribution in [2.75, 3.05) is 0 Å². The number of ether oxygens (including phenoxy) is 1. The van der Waals surface area contributed by atoms with E-state index in [-0.39, 0.29) is 4.90 Å². The summed E-state index contributed by atoms with van der Waals surface area (Å²) in [7, 11) is -3.72. The minimum atomic E-state index is -3.72. The van der Waals surface area contributed by atoms with Gasteiger partial charge in [0.15, 0.2) is 0 Å². The van der Waals surface area contributed by atoms with Crippen LogP contribution in [0.3, 0.4) is 0 Å². The molecule has 0 aliphatic rings. The van der Waals surface area contributed by atoms with Crippen molar-refractivity contribution in [2.24, 2.45) is 5.14 Å². The third kappa shape index (κ3) is 3.70. The molecule has 0 aromatic heterocycles. The van der Waals surface area contributed by atoms with Gasteiger partial charge < -0.3 is 4.74 Å². The van der Waals surface area contributed by atoms with Gasteiger partial charge in [-0.25, -0.2) is 13.6 Å². The van der Waals surface area contributed by atoms with E-state index in [0.29, 0.717) is 21.0 Å². The first-order valence-electron chi connectivity index (χ1n) is 5.12. The van der Waals surface area contributed by atoms with E-state index < -0.39 is 10.0 Å². The van der Waals surface area contributed by atoms with Crippen LogP contribution in [-0.4, -0.2) is 8.42 Å². The van der Waals surface area contributed by atoms with E-state index in [1.807, 2.05) is 0 Å². The Morgan fingerprint density at radius 1 is 1.11 bits per heavy atom. The summed E-state index contributed by atoms with van der Waals surface area (Å²) in [5.74, 6) is 1.07. The van der Waals surface area contributed by atoms with Crippen LogP contribution in [0, 0.1) is 0 Å². The van der Waals surface area contributed by atoms with Crippen LogP contribution in [0.5, 0.6) is 11.5 Å². The van der Waals surface area contributed by atoms with Crippen LogP contribution in [-0.2, 0) is 10.0 Å². The van der Waals surface area contributed by atoms with Gasteiger partial charge in [-0.1, -0.05) is 11.6 Å². The molecule has 0 unspecified atom stereocenters. The van der Waals surface area contributed by atoms with Gasteiger partial charge >= 0.3 is 0 Å². The van der Waals surface area contributed by atoms with E-state index in [0.717, 1.165) is 0 Å². The quantitative estimate of drug-likeness (QED) is 0.908. The van der Waals surface area contributed by atoms with Crippen molar-refractivity contribution < 1.29 is 13.2 Å². The molecule has 2 N–H and O–H groups in total. The van der Waals surface area contributed by atoms with Gasteiger partial charge in [-0.15, -0.1) is 0 Å². The summed E-state index contributed by atoms with van der Waals surface area (Å²) in [6, 6.07) is 11.1. The fourth-order valence-electron chi connectivity index (χ4n) is 1.37. The maximum absolute atomic E-state index is 11.2. The van der Waals surface area contributed by atoms with Crippen molar-refractivity contribution in [3.8, 4) is 11.5 Å². The van der Waals surface area contributed by atoms with Crippen LogP contribution in [0.15, 0.2) is 51.8 Å². The number of primary sulfonamides is 1. The standard InChI is InChI=1S/C12H9BrClNO3S/c13-11-7-10(19(15,16)17)5-6-12(11)18-9-3-1-8(14)2-4-9/h1-7H,(H2,15,16,17). The summed E-state index contributed by atoms with van der Waals surface area (Å²) in [6.07, 6.45) is 0. The lowest BCUT2D eigenvalue weighted by Crippen LogP contribution is -2.11. The third-order valence-corrected chi connectivity index (χ3v) is 4.06. The molecule has 4 nitrogen and oxygen atoms in total. The molecule has 0 spiro atoms.